The summed E-state index contributed by atoms with van der Waals surface area (Å²) in [5, 5.41) is 10.7. The van der Waals surface area contributed by atoms with Gasteiger partial charge in [0.25, 0.3) is 5.56 Å². The smallest absolute Gasteiger partial charge is 0.332 e. The molecular formula is C16H24N4O3. The standard InChI is InChI=1S/C16H24N4O3/c1-3-9-19-12-11(13(21)20(10-4-2)15(19)22)17-14(18-12)16(23)7-5-6-8-16/h23H,3-10H2,1-2H3,(H,17,18). The summed E-state index contributed by atoms with van der Waals surface area (Å²) >= 11 is 0. The molecule has 2 heterocycles. The van der Waals surface area contributed by atoms with Crippen LogP contribution in [0.2, 0.25) is 0 Å². The van der Waals surface area contributed by atoms with Crippen LogP contribution in [0.3, 0.4) is 0 Å². The van der Waals surface area contributed by atoms with Crippen molar-refractivity contribution in [1.29, 1.82) is 0 Å². The van der Waals surface area contributed by atoms with Crippen molar-refractivity contribution in [2.24, 2.45) is 0 Å². The number of aryl methyl sites for hydroxylation is 1. The number of nitrogens with one attached hydrogen (secondary N) is 1. The highest BCUT2D eigenvalue weighted by molar-refractivity contribution is 5.70. The van der Waals surface area contributed by atoms with Crippen LogP contribution in [0.25, 0.3) is 11.2 Å². The molecule has 7 heteroatoms. The van der Waals surface area contributed by atoms with Gasteiger partial charge in [0.1, 0.15) is 16.9 Å². The highest BCUT2D eigenvalue weighted by Gasteiger charge is 2.36. The zero-order valence-electron chi connectivity index (χ0n) is 13.8. The summed E-state index contributed by atoms with van der Waals surface area (Å²) in [5.74, 6) is 0.417. The first-order valence-corrected chi connectivity index (χ1v) is 8.48. The van der Waals surface area contributed by atoms with Gasteiger partial charge in [-0.25, -0.2) is 9.78 Å². The van der Waals surface area contributed by atoms with Crippen LogP contribution in [-0.2, 0) is 18.7 Å². The summed E-state index contributed by atoms with van der Waals surface area (Å²) in [5.41, 5.74) is -0.984. The molecule has 3 rings (SSSR count). The van der Waals surface area contributed by atoms with E-state index in [1.807, 2.05) is 13.8 Å². The zero-order valence-corrected chi connectivity index (χ0v) is 13.8. The fourth-order valence-electron chi connectivity index (χ4n) is 3.43. The fourth-order valence-corrected chi connectivity index (χ4v) is 3.43. The van der Waals surface area contributed by atoms with Crippen LogP contribution in [0.15, 0.2) is 9.59 Å². The van der Waals surface area contributed by atoms with E-state index >= 15 is 0 Å². The second-order valence-corrected chi connectivity index (χ2v) is 6.41. The average Bonchev–Trinajstić information content (AvgIpc) is 3.15. The monoisotopic (exact) mass is 320 g/mol. The maximum Gasteiger partial charge on any atom is 0.332 e. The maximum absolute atomic E-state index is 12.6. The van der Waals surface area contributed by atoms with Crippen molar-refractivity contribution in [3.05, 3.63) is 26.7 Å². The van der Waals surface area contributed by atoms with Crippen LogP contribution in [0.1, 0.15) is 58.2 Å². The van der Waals surface area contributed by atoms with Gasteiger partial charge in [0.15, 0.2) is 5.65 Å². The topological polar surface area (TPSA) is 92.9 Å². The second kappa shape index (κ2) is 5.96. The summed E-state index contributed by atoms with van der Waals surface area (Å²) in [4.78, 5) is 32.7. The van der Waals surface area contributed by atoms with E-state index in [1.54, 1.807) is 4.57 Å². The molecule has 0 saturated heterocycles. The van der Waals surface area contributed by atoms with Gasteiger partial charge in [-0.3, -0.25) is 13.9 Å². The van der Waals surface area contributed by atoms with E-state index in [9.17, 15) is 14.7 Å². The Hall–Kier alpha value is -1.89. The molecule has 0 unspecified atom stereocenters. The number of aliphatic hydroxyl groups is 1. The molecule has 0 amide bonds. The highest BCUT2D eigenvalue weighted by atomic mass is 16.3. The molecule has 1 fully saturated rings. The van der Waals surface area contributed by atoms with Crippen LogP contribution in [0, 0.1) is 0 Å². The zero-order chi connectivity index (χ0) is 16.6. The number of aromatic amines is 1. The molecule has 126 valence electrons. The predicted molar refractivity (Wildman–Crippen MR) is 87.6 cm³/mol. The maximum atomic E-state index is 12.6. The lowest BCUT2D eigenvalue weighted by Crippen LogP contribution is -2.40. The van der Waals surface area contributed by atoms with E-state index in [0.717, 1.165) is 19.3 Å². The van der Waals surface area contributed by atoms with Crippen molar-refractivity contribution in [3.8, 4) is 0 Å². The Labute approximate surface area is 134 Å². The van der Waals surface area contributed by atoms with Gasteiger partial charge in [0.2, 0.25) is 0 Å². The van der Waals surface area contributed by atoms with Crippen molar-refractivity contribution < 1.29 is 5.11 Å². The predicted octanol–water partition coefficient (Wildman–Crippen LogP) is 1.47. The molecule has 2 N–H and O–H groups in total. The van der Waals surface area contributed by atoms with Crippen molar-refractivity contribution >= 4 is 11.2 Å². The number of nitrogens with zero attached hydrogens (tertiary/aromatic N) is 3. The molecule has 0 aliphatic heterocycles. The minimum Gasteiger partial charge on any atom is -0.382 e. The Morgan fingerprint density at radius 3 is 2.35 bits per heavy atom. The second-order valence-electron chi connectivity index (χ2n) is 6.41. The lowest BCUT2D eigenvalue weighted by atomic mass is 10.0. The molecule has 0 spiro atoms. The number of fused-ring (bicyclic) bond motifs is 1. The molecule has 0 radical (unpaired) electrons. The van der Waals surface area contributed by atoms with Crippen LogP contribution in [-0.4, -0.2) is 24.2 Å². The molecule has 1 aliphatic rings. The molecule has 23 heavy (non-hydrogen) atoms. The van der Waals surface area contributed by atoms with E-state index in [4.69, 9.17) is 0 Å². The van der Waals surface area contributed by atoms with Crippen molar-refractivity contribution in [3.63, 3.8) is 0 Å². The number of rotatable bonds is 5. The van der Waals surface area contributed by atoms with E-state index in [2.05, 4.69) is 9.97 Å². The molecule has 0 aromatic carbocycles. The highest BCUT2D eigenvalue weighted by Crippen LogP contribution is 2.37. The van der Waals surface area contributed by atoms with Gasteiger partial charge < -0.3 is 10.1 Å². The number of hydrogen-bond donors (Lipinski definition) is 2. The van der Waals surface area contributed by atoms with Gasteiger partial charge in [0, 0.05) is 13.1 Å². The third kappa shape index (κ3) is 2.52. The molecule has 7 nitrogen and oxygen atoms in total. The SMILES string of the molecule is CCCn1c(=O)c2[nH]c(C3(O)CCCC3)nc2n(CCC)c1=O. The first kappa shape index (κ1) is 16.0. The molecule has 1 saturated carbocycles. The van der Waals surface area contributed by atoms with Crippen LogP contribution in [0.5, 0.6) is 0 Å². The number of aromatic nitrogens is 4. The molecule has 1 aliphatic carbocycles. The van der Waals surface area contributed by atoms with Crippen LogP contribution in [0.4, 0.5) is 0 Å². The third-order valence-electron chi connectivity index (χ3n) is 4.63. The Balaban J connectivity index is 2.27. The molecule has 2 aromatic heterocycles. The lowest BCUT2D eigenvalue weighted by molar-refractivity contribution is 0.0362. The first-order chi connectivity index (χ1) is 11.0. The number of H-pyrrole nitrogens is 1. The lowest BCUT2D eigenvalue weighted by Gasteiger charge is -2.18. The summed E-state index contributed by atoms with van der Waals surface area (Å²) in [6.07, 6.45) is 4.62. The normalized spacial score (nSPS) is 17.2. The average molecular weight is 320 g/mol. The van der Waals surface area contributed by atoms with Crippen LogP contribution < -0.4 is 11.2 Å². The Kier molecular flexibility index (Phi) is 4.14. The van der Waals surface area contributed by atoms with Crippen molar-refractivity contribution in [2.45, 2.75) is 71.1 Å². The van der Waals surface area contributed by atoms with E-state index in [1.165, 1.54) is 4.57 Å². The number of imidazole rings is 1. The molecule has 0 atom stereocenters. The molecular weight excluding hydrogens is 296 g/mol. The van der Waals surface area contributed by atoms with Gasteiger partial charge in [-0.2, -0.15) is 0 Å². The summed E-state index contributed by atoms with van der Waals surface area (Å²) in [7, 11) is 0. The minimum atomic E-state index is -1.01. The van der Waals surface area contributed by atoms with E-state index in [-0.39, 0.29) is 11.2 Å². The quantitative estimate of drug-likeness (QED) is 0.872. The van der Waals surface area contributed by atoms with Gasteiger partial charge in [0.05, 0.1) is 0 Å². The van der Waals surface area contributed by atoms with Gasteiger partial charge >= 0.3 is 5.69 Å². The Bertz CT molecular complexity index is 824. The molecule has 0 bridgehead atoms. The first-order valence-electron chi connectivity index (χ1n) is 8.48. The van der Waals surface area contributed by atoms with Gasteiger partial charge in [-0.15, -0.1) is 0 Å². The van der Waals surface area contributed by atoms with Crippen molar-refractivity contribution in [1.82, 2.24) is 19.1 Å². The van der Waals surface area contributed by atoms with E-state index < -0.39 is 5.60 Å². The summed E-state index contributed by atoms with van der Waals surface area (Å²) in [6, 6.07) is 0. The Morgan fingerprint density at radius 2 is 1.74 bits per heavy atom. The Morgan fingerprint density at radius 1 is 1.13 bits per heavy atom. The summed E-state index contributed by atoms with van der Waals surface area (Å²) < 4.78 is 2.81. The number of hydrogen-bond acceptors (Lipinski definition) is 4. The van der Waals surface area contributed by atoms with Gasteiger partial charge in [-0.1, -0.05) is 13.8 Å². The van der Waals surface area contributed by atoms with Crippen molar-refractivity contribution in [2.75, 3.05) is 0 Å². The van der Waals surface area contributed by atoms with E-state index in [0.29, 0.717) is 49.3 Å². The van der Waals surface area contributed by atoms with Crippen LogP contribution >= 0.6 is 0 Å². The molecule has 2 aromatic rings. The third-order valence-corrected chi connectivity index (χ3v) is 4.63. The fraction of sp³-hybridized carbons (Fsp3) is 0.688. The summed E-state index contributed by atoms with van der Waals surface area (Å²) in [6.45, 7) is 4.80. The largest absolute Gasteiger partial charge is 0.382 e. The van der Waals surface area contributed by atoms with Gasteiger partial charge in [-0.05, 0) is 38.5 Å². The minimum absolute atomic E-state index is 0.317.